The molecule has 2 heterocycles. The van der Waals surface area contributed by atoms with Gasteiger partial charge in [-0.2, -0.15) is 5.10 Å². The van der Waals surface area contributed by atoms with E-state index in [0.29, 0.717) is 12.1 Å². The number of likely N-dealkylation sites (tertiary alicyclic amines) is 1. The van der Waals surface area contributed by atoms with E-state index in [1.54, 1.807) is 13.8 Å². The molecule has 1 aromatic heterocycles. The Morgan fingerprint density at radius 1 is 1.11 bits per heavy atom. The van der Waals surface area contributed by atoms with Crippen LogP contribution in [-0.2, 0) is 19.9 Å². The second-order valence-electron chi connectivity index (χ2n) is 8.06. The number of carboxylic acids is 1. The Morgan fingerprint density at radius 3 is 2.37 bits per heavy atom. The third-order valence-corrected chi connectivity index (χ3v) is 5.78. The fraction of sp³-hybridized carbons (Fsp3) is 0.684. The number of carbonyl (C=O) groups is 3. The smallest absolute Gasteiger partial charge is 0.331 e. The molecule has 0 bridgehead atoms. The molecule has 2 N–H and O–H groups in total. The van der Waals surface area contributed by atoms with Crippen LogP contribution in [0.4, 0.5) is 5.69 Å². The van der Waals surface area contributed by atoms with Gasteiger partial charge in [-0.3, -0.25) is 14.3 Å². The molecule has 8 nitrogen and oxygen atoms in total. The highest BCUT2D eigenvalue weighted by atomic mass is 16.4. The molecule has 2 unspecified atom stereocenters. The van der Waals surface area contributed by atoms with Crippen LogP contribution in [0.5, 0.6) is 0 Å². The summed E-state index contributed by atoms with van der Waals surface area (Å²) in [5.74, 6) is -1.69. The molecule has 0 aromatic carbocycles. The molecule has 27 heavy (non-hydrogen) atoms. The van der Waals surface area contributed by atoms with Gasteiger partial charge in [0.05, 0.1) is 11.9 Å². The molecule has 0 radical (unpaired) electrons. The van der Waals surface area contributed by atoms with Crippen molar-refractivity contribution in [2.45, 2.75) is 57.9 Å². The van der Waals surface area contributed by atoms with Crippen LogP contribution in [0.3, 0.4) is 0 Å². The Balaban J connectivity index is 1.69. The summed E-state index contributed by atoms with van der Waals surface area (Å²) in [6, 6.07) is 0. The summed E-state index contributed by atoms with van der Waals surface area (Å²) in [6.07, 6.45) is 8.39. The molecule has 1 aliphatic heterocycles. The van der Waals surface area contributed by atoms with Crippen molar-refractivity contribution in [3.63, 3.8) is 0 Å². The van der Waals surface area contributed by atoms with Crippen molar-refractivity contribution in [2.75, 3.05) is 18.4 Å². The molecular formula is C19H28N4O4. The van der Waals surface area contributed by atoms with Crippen LogP contribution in [0, 0.1) is 11.8 Å². The largest absolute Gasteiger partial charge is 0.479 e. The monoisotopic (exact) mass is 376 g/mol. The Labute approximate surface area is 158 Å². The number of nitrogens with one attached hydrogen (secondary N) is 1. The summed E-state index contributed by atoms with van der Waals surface area (Å²) in [6.45, 7) is 4.67. The Morgan fingerprint density at radius 2 is 1.74 bits per heavy atom. The summed E-state index contributed by atoms with van der Waals surface area (Å²) >= 11 is 0. The van der Waals surface area contributed by atoms with Crippen molar-refractivity contribution in [3.05, 3.63) is 12.4 Å². The Kier molecular flexibility index (Phi) is 5.53. The van der Waals surface area contributed by atoms with E-state index in [9.17, 15) is 19.5 Å². The number of amides is 2. The van der Waals surface area contributed by atoms with Gasteiger partial charge in [-0.15, -0.1) is 0 Å². The molecule has 2 aliphatic rings. The quantitative estimate of drug-likeness (QED) is 0.819. The standard InChI is InChI=1S/C19H28N4O4/c1-19(2,18(26)27)23-12-13(11-20-23)21-16(24)14-7-3-4-8-15(14)17(25)22-9-5-6-10-22/h11-12,14-15H,3-10H2,1-2H3,(H,21,24)(H,26,27). The number of nitrogens with zero attached hydrogens (tertiary/aromatic N) is 3. The average Bonchev–Trinajstić information content (AvgIpc) is 3.33. The van der Waals surface area contributed by atoms with Gasteiger partial charge in [0.25, 0.3) is 0 Å². The molecule has 1 saturated carbocycles. The predicted octanol–water partition coefficient (Wildman–Crippen LogP) is 2.07. The highest BCUT2D eigenvalue weighted by Crippen LogP contribution is 2.33. The van der Waals surface area contributed by atoms with Gasteiger partial charge >= 0.3 is 5.97 Å². The van der Waals surface area contributed by atoms with Crippen molar-refractivity contribution >= 4 is 23.5 Å². The van der Waals surface area contributed by atoms with Gasteiger partial charge in [-0.25, -0.2) is 4.79 Å². The fourth-order valence-electron chi connectivity index (χ4n) is 3.94. The van der Waals surface area contributed by atoms with Crippen LogP contribution in [0.15, 0.2) is 12.4 Å². The van der Waals surface area contributed by atoms with E-state index in [4.69, 9.17) is 0 Å². The first-order valence-electron chi connectivity index (χ1n) is 9.69. The van der Waals surface area contributed by atoms with Gasteiger partial charge in [0.15, 0.2) is 5.54 Å². The zero-order chi connectivity index (χ0) is 19.6. The van der Waals surface area contributed by atoms with Gasteiger partial charge in [-0.1, -0.05) is 12.8 Å². The van der Waals surface area contributed by atoms with E-state index >= 15 is 0 Å². The van der Waals surface area contributed by atoms with Gasteiger partial charge in [-0.05, 0) is 39.5 Å². The first-order valence-corrected chi connectivity index (χ1v) is 9.69. The van der Waals surface area contributed by atoms with Crippen molar-refractivity contribution < 1.29 is 19.5 Å². The zero-order valence-electron chi connectivity index (χ0n) is 16.0. The second kappa shape index (κ2) is 7.70. The minimum absolute atomic E-state index is 0.107. The molecule has 2 amide bonds. The Bertz CT molecular complexity index is 721. The topological polar surface area (TPSA) is 105 Å². The number of carboxylic acid groups (broad SMARTS) is 1. The summed E-state index contributed by atoms with van der Waals surface area (Å²) in [4.78, 5) is 38.9. The third-order valence-electron chi connectivity index (χ3n) is 5.78. The van der Waals surface area contributed by atoms with Crippen LogP contribution in [0.1, 0.15) is 52.4 Å². The lowest BCUT2D eigenvalue weighted by molar-refractivity contribution is -0.146. The Hall–Kier alpha value is -2.38. The summed E-state index contributed by atoms with van der Waals surface area (Å²) in [5, 5.41) is 16.2. The van der Waals surface area contributed by atoms with Crippen LogP contribution in [-0.4, -0.2) is 50.7 Å². The van der Waals surface area contributed by atoms with Gasteiger partial charge in [0, 0.05) is 31.1 Å². The number of aliphatic carboxylic acids is 1. The molecule has 1 saturated heterocycles. The fourth-order valence-corrected chi connectivity index (χ4v) is 3.94. The summed E-state index contributed by atoms with van der Waals surface area (Å²) in [5.41, 5.74) is -0.755. The molecule has 1 aromatic rings. The van der Waals surface area contributed by atoms with Crippen molar-refractivity contribution in [1.82, 2.24) is 14.7 Å². The summed E-state index contributed by atoms with van der Waals surface area (Å²) in [7, 11) is 0. The van der Waals surface area contributed by atoms with Crippen LogP contribution in [0.2, 0.25) is 0 Å². The van der Waals surface area contributed by atoms with E-state index in [-0.39, 0.29) is 23.7 Å². The maximum Gasteiger partial charge on any atom is 0.331 e. The number of anilines is 1. The first-order chi connectivity index (χ1) is 12.8. The van der Waals surface area contributed by atoms with Crippen LogP contribution >= 0.6 is 0 Å². The van der Waals surface area contributed by atoms with E-state index in [1.807, 2.05) is 4.90 Å². The molecule has 2 fully saturated rings. The van der Waals surface area contributed by atoms with Crippen LogP contribution < -0.4 is 5.32 Å². The van der Waals surface area contributed by atoms with E-state index in [1.165, 1.54) is 17.1 Å². The predicted molar refractivity (Wildman–Crippen MR) is 99.1 cm³/mol. The number of carbonyl (C=O) groups excluding carboxylic acids is 2. The van der Waals surface area contributed by atoms with Crippen molar-refractivity contribution in [2.24, 2.45) is 11.8 Å². The normalized spacial score (nSPS) is 23.3. The maximum atomic E-state index is 12.9. The number of aromatic nitrogens is 2. The number of rotatable bonds is 5. The summed E-state index contributed by atoms with van der Waals surface area (Å²) < 4.78 is 1.32. The van der Waals surface area contributed by atoms with Crippen molar-refractivity contribution in [3.8, 4) is 0 Å². The molecule has 148 valence electrons. The lowest BCUT2D eigenvalue weighted by Crippen LogP contribution is -2.42. The molecule has 3 rings (SSSR count). The molecular weight excluding hydrogens is 348 g/mol. The van der Waals surface area contributed by atoms with Gasteiger partial charge in [0.2, 0.25) is 11.8 Å². The maximum absolute atomic E-state index is 12.9. The lowest BCUT2D eigenvalue weighted by atomic mass is 9.78. The van der Waals surface area contributed by atoms with Gasteiger partial charge in [0.1, 0.15) is 0 Å². The number of hydrogen-bond donors (Lipinski definition) is 2. The van der Waals surface area contributed by atoms with Crippen LogP contribution in [0.25, 0.3) is 0 Å². The lowest BCUT2D eigenvalue weighted by Gasteiger charge is -2.32. The first kappa shape index (κ1) is 19.4. The SMILES string of the molecule is CC(C)(C(=O)O)n1cc(NC(=O)C2CCCCC2C(=O)N2CCCC2)cn1. The van der Waals surface area contributed by atoms with E-state index < -0.39 is 11.5 Å². The highest BCUT2D eigenvalue weighted by Gasteiger charge is 2.38. The van der Waals surface area contributed by atoms with Gasteiger partial charge < -0.3 is 15.3 Å². The molecule has 8 heteroatoms. The molecule has 0 spiro atoms. The molecule has 2 atom stereocenters. The van der Waals surface area contributed by atoms with E-state index in [2.05, 4.69) is 10.4 Å². The van der Waals surface area contributed by atoms with E-state index in [0.717, 1.165) is 45.2 Å². The number of hydrogen-bond acceptors (Lipinski definition) is 4. The average molecular weight is 376 g/mol. The highest BCUT2D eigenvalue weighted by molar-refractivity contribution is 5.96. The minimum atomic E-state index is -1.21. The molecule has 1 aliphatic carbocycles. The minimum Gasteiger partial charge on any atom is -0.479 e. The second-order valence-corrected chi connectivity index (χ2v) is 8.06. The third kappa shape index (κ3) is 3.99. The van der Waals surface area contributed by atoms with Crippen molar-refractivity contribution in [1.29, 1.82) is 0 Å². The zero-order valence-corrected chi connectivity index (χ0v) is 16.0.